The lowest BCUT2D eigenvalue weighted by atomic mass is 10.2. The zero-order valence-corrected chi connectivity index (χ0v) is 12.1. The van der Waals surface area contributed by atoms with Crippen molar-refractivity contribution in [3.05, 3.63) is 28.8 Å². The molecule has 0 aliphatic heterocycles. The Kier molecular flexibility index (Phi) is 4.84. The molecular formula is C14H18ClN3O2. The maximum atomic E-state index is 11.7. The average Bonchev–Trinajstić information content (AvgIpc) is 3.22. The van der Waals surface area contributed by atoms with Gasteiger partial charge >= 0.3 is 6.03 Å². The van der Waals surface area contributed by atoms with Crippen LogP contribution in [0.2, 0.25) is 5.02 Å². The first-order valence-corrected chi connectivity index (χ1v) is 7.03. The van der Waals surface area contributed by atoms with Gasteiger partial charge in [0.1, 0.15) is 0 Å². The maximum Gasteiger partial charge on any atom is 0.319 e. The predicted octanol–water partition coefficient (Wildman–Crippen LogP) is 2.30. The standard InChI is InChI=1S/C14H18ClN3O2/c1-9-8-11(15)4-5-12(9)18-14(20)17-7-6-16-13(19)10-2-3-10/h4-5,8,10H,2-3,6-7H2,1H3,(H,16,19)(H2,17,18,20). The summed E-state index contributed by atoms with van der Waals surface area (Å²) >= 11 is 5.85. The second-order valence-corrected chi connectivity index (χ2v) is 5.34. The zero-order valence-electron chi connectivity index (χ0n) is 11.3. The van der Waals surface area contributed by atoms with Crippen LogP contribution in [-0.4, -0.2) is 25.0 Å². The van der Waals surface area contributed by atoms with Gasteiger partial charge in [0.2, 0.25) is 5.91 Å². The van der Waals surface area contributed by atoms with E-state index in [4.69, 9.17) is 11.6 Å². The number of hydrogen-bond acceptors (Lipinski definition) is 2. The summed E-state index contributed by atoms with van der Waals surface area (Å²) in [7, 11) is 0. The molecule has 0 saturated heterocycles. The van der Waals surface area contributed by atoms with Gasteiger partial charge < -0.3 is 16.0 Å². The number of anilines is 1. The first-order chi connectivity index (χ1) is 9.56. The molecule has 0 atom stereocenters. The quantitative estimate of drug-likeness (QED) is 0.730. The molecule has 5 nitrogen and oxygen atoms in total. The molecule has 6 heteroatoms. The number of amides is 3. The molecule has 3 amide bonds. The van der Waals surface area contributed by atoms with Gasteiger partial charge in [-0.2, -0.15) is 0 Å². The molecule has 0 spiro atoms. The van der Waals surface area contributed by atoms with Crippen LogP contribution in [0.1, 0.15) is 18.4 Å². The highest BCUT2D eigenvalue weighted by Crippen LogP contribution is 2.28. The minimum atomic E-state index is -0.295. The van der Waals surface area contributed by atoms with Crippen LogP contribution in [0.5, 0.6) is 0 Å². The number of aryl methyl sites for hydroxylation is 1. The lowest BCUT2D eigenvalue weighted by molar-refractivity contribution is -0.122. The van der Waals surface area contributed by atoms with E-state index >= 15 is 0 Å². The van der Waals surface area contributed by atoms with Crippen molar-refractivity contribution in [3.63, 3.8) is 0 Å². The molecule has 108 valence electrons. The highest BCUT2D eigenvalue weighted by atomic mass is 35.5. The summed E-state index contributed by atoms with van der Waals surface area (Å²) in [6, 6.07) is 4.97. The van der Waals surface area contributed by atoms with Crippen LogP contribution >= 0.6 is 11.6 Å². The molecule has 1 saturated carbocycles. The molecule has 1 aliphatic carbocycles. The van der Waals surface area contributed by atoms with Gasteiger partial charge in [0.25, 0.3) is 0 Å². The minimum Gasteiger partial charge on any atom is -0.354 e. The van der Waals surface area contributed by atoms with Crippen molar-refractivity contribution in [1.82, 2.24) is 10.6 Å². The van der Waals surface area contributed by atoms with E-state index in [1.54, 1.807) is 18.2 Å². The van der Waals surface area contributed by atoms with Gasteiger partial charge in [0, 0.05) is 29.7 Å². The third-order valence-corrected chi connectivity index (χ3v) is 3.33. The fraction of sp³-hybridized carbons (Fsp3) is 0.429. The second-order valence-electron chi connectivity index (χ2n) is 4.91. The van der Waals surface area contributed by atoms with E-state index < -0.39 is 0 Å². The molecule has 0 heterocycles. The molecular weight excluding hydrogens is 278 g/mol. The minimum absolute atomic E-state index is 0.0840. The summed E-state index contributed by atoms with van der Waals surface area (Å²) in [5, 5.41) is 8.85. The summed E-state index contributed by atoms with van der Waals surface area (Å²) < 4.78 is 0. The number of halogens is 1. The molecule has 1 aliphatic rings. The van der Waals surface area contributed by atoms with Crippen molar-refractivity contribution in [2.75, 3.05) is 18.4 Å². The SMILES string of the molecule is Cc1cc(Cl)ccc1NC(=O)NCCNC(=O)C1CC1. The van der Waals surface area contributed by atoms with Crippen LogP contribution in [-0.2, 0) is 4.79 Å². The van der Waals surface area contributed by atoms with E-state index in [2.05, 4.69) is 16.0 Å². The molecule has 1 aromatic rings. The summed E-state index contributed by atoms with van der Waals surface area (Å²) in [6.45, 7) is 2.72. The fourth-order valence-electron chi connectivity index (χ4n) is 1.79. The molecule has 20 heavy (non-hydrogen) atoms. The molecule has 0 unspecified atom stereocenters. The Morgan fingerprint density at radius 3 is 2.60 bits per heavy atom. The van der Waals surface area contributed by atoms with Crippen molar-refractivity contribution in [2.24, 2.45) is 5.92 Å². The van der Waals surface area contributed by atoms with E-state index in [1.165, 1.54) is 0 Å². The van der Waals surface area contributed by atoms with Crippen LogP contribution in [0.15, 0.2) is 18.2 Å². The molecule has 0 bridgehead atoms. The second kappa shape index (κ2) is 6.61. The first kappa shape index (κ1) is 14.7. The Hall–Kier alpha value is -1.75. The van der Waals surface area contributed by atoms with E-state index in [0.717, 1.165) is 18.4 Å². The molecule has 0 radical (unpaired) electrons. The Morgan fingerprint density at radius 2 is 1.95 bits per heavy atom. The fourth-order valence-corrected chi connectivity index (χ4v) is 2.01. The summed E-state index contributed by atoms with van der Waals surface area (Å²) in [5.41, 5.74) is 1.61. The number of hydrogen-bond donors (Lipinski definition) is 3. The van der Waals surface area contributed by atoms with Crippen molar-refractivity contribution < 1.29 is 9.59 Å². The van der Waals surface area contributed by atoms with E-state index in [1.807, 2.05) is 6.92 Å². The number of rotatable bonds is 5. The summed E-state index contributed by atoms with van der Waals surface area (Å²) in [6.07, 6.45) is 1.96. The Morgan fingerprint density at radius 1 is 1.25 bits per heavy atom. The highest BCUT2D eigenvalue weighted by Gasteiger charge is 2.28. The van der Waals surface area contributed by atoms with Crippen molar-refractivity contribution in [1.29, 1.82) is 0 Å². The van der Waals surface area contributed by atoms with Crippen LogP contribution in [0, 0.1) is 12.8 Å². The number of carbonyl (C=O) groups is 2. The van der Waals surface area contributed by atoms with Crippen LogP contribution in [0.3, 0.4) is 0 Å². The number of urea groups is 1. The third-order valence-electron chi connectivity index (χ3n) is 3.09. The van der Waals surface area contributed by atoms with Gasteiger partial charge in [-0.25, -0.2) is 4.79 Å². The van der Waals surface area contributed by atoms with Gasteiger partial charge in [-0.05, 0) is 43.5 Å². The third kappa shape index (κ3) is 4.42. The van der Waals surface area contributed by atoms with Gasteiger partial charge in [0.15, 0.2) is 0 Å². The predicted molar refractivity (Wildman–Crippen MR) is 78.9 cm³/mol. The smallest absolute Gasteiger partial charge is 0.319 e. The molecule has 2 rings (SSSR count). The molecule has 1 aromatic carbocycles. The Labute approximate surface area is 123 Å². The molecule has 3 N–H and O–H groups in total. The van der Waals surface area contributed by atoms with Gasteiger partial charge in [0.05, 0.1) is 0 Å². The zero-order chi connectivity index (χ0) is 14.5. The number of carbonyl (C=O) groups excluding carboxylic acids is 2. The number of nitrogens with one attached hydrogen (secondary N) is 3. The monoisotopic (exact) mass is 295 g/mol. The van der Waals surface area contributed by atoms with Crippen molar-refractivity contribution in [3.8, 4) is 0 Å². The highest BCUT2D eigenvalue weighted by molar-refractivity contribution is 6.30. The largest absolute Gasteiger partial charge is 0.354 e. The van der Waals surface area contributed by atoms with E-state index in [0.29, 0.717) is 23.8 Å². The first-order valence-electron chi connectivity index (χ1n) is 6.65. The average molecular weight is 296 g/mol. The van der Waals surface area contributed by atoms with E-state index in [-0.39, 0.29) is 17.9 Å². The molecule has 1 fully saturated rings. The van der Waals surface area contributed by atoms with Crippen molar-refractivity contribution in [2.45, 2.75) is 19.8 Å². The van der Waals surface area contributed by atoms with E-state index in [9.17, 15) is 9.59 Å². The van der Waals surface area contributed by atoms with Crippen molar-refractivity contribution >= 4 is 29.2 Å². The molecule has 0 aromatic heterocycles. The van der Waals surface area contributed by atoms with Gasteiger partial charge in [-0.3, -0.25) is 4.79 Å². The maximum absolute atomic E-state index is 11.7. The lowest BCUT2D eigenvalue weighted by Crippen LogP contribution is -2.37. The Balaban J connectivity index is 1.68. The van der Waals surface area contributed by atoms with Crippen LogP contribution < -0.4 is 16.0 Å². The van der Waals surface area contributed by atoms with Crippen LogP contribution in [0.4, 0.5) is 10.5 Å². The topological polar surface area (TPSA) is 70.2 Å². The number of benzene rings is 1. The summed E-state index contributed by atoms with van der Waals surface area (Å²) in [4.78, 5) is 23.0. The summed E-state index contributed by atoms with van der Waals surface area (Å²) in [5.74, 6) is 0.279. The van der Waals surface area contributed by atoms with Crippen LogP contribution in [0.25, 0.3) is 0 Å². The Bertz CT molecular complexity index is 515. The lowest BCUT2D eigenvalue weighted by Gasteiger charge is -2.10. The van der Waals surface area contributed by atoms with Gasteiger partial charge in [-0.15, -0.1) is 0 Å². The van der Waals surface area contributed by atoms with Gasteiger partial charge in [-0.1, -0.05) is 11.6 Å². The normalized spacial score (nSPS) is 13.7.